The highest BCUT2D eigenvalue weighted by molar-refractivity contribution is 9.10. The van der Waals surface area contributed by atoms with Crippen LogP contribution in [-0.4, -0.2) is 25.3 Å². The SMILES string of the molecule is COc1ccc(CSCC(=O)NCCc2ccc(F)cc2)cc1Br. The van der Waals surface area contributed by atoms with Crippen LogP contribution in [0.25, 0.3) is 0 Å². The van der Waals surface area contributed by atoms with Gasteiger partial charge in [-0.3, -0.25) is 4.79 Å². The van der Waals surface area contributed by atoms with Gasteiger partial charge in [0.1, 0.15) is 11.6 Å². The fraction of sp³-hybridized carbons (Fsp3) is 0.278. The predicted molar refractivity (Wildman–Crippen MR) is 100.0 cm³/mol. The van der Waals surface area contributed by atoms with E-state index >= 15 is 0 Å². The summed E-state index contributed by atoms with van der Waals surface area (Å²) in [5.74, 6) is 1.72. The van der Waals surface area contributed by atoms with Crippen LogP contribution in [0.2, 0.25) is 0 Å². The quantitative estimate of drug-likeness (QED) is 0.707. The van der Waals surface area contributed by atoms with Crippen molar-refractivity contribution >= 4 is 33.6 Å². The summed E-state index contributed by atoms with van der Waals surface area (Å²) < 4.78 is 18.9. The molecule has 24 heavy (non-hydrogen) atoms. The molecule has 2 aromatic rings. The van der Waals surface area contributed by atoms with Crippen molar-refractivity contribution in [2.45, 2.75) is 12.2 Å². The Hall–Kier alpha value is -1.53. The molecule has 128 valence electrons. The highest BCUT2D eigenvalue weighted by Gasteiger charge is 2.04. The number of nitrogens with one attached hydrogen (secondary N) is 1. The molecule has 0 atom stereocenters. The maximum atomic E-state index is 12.8. The van der Waals surface area contributed by atoms with E-state index in [4.69, 9.17) is 4.74 Å². The number of methoxy groups -OCH3 is 1. The monoisotopic (exact) mass is 411 g/mol. The Balaban J connectivity index is 1.66. The van der Waals surface area contributed by atoms with Crippen LogP contribution in [0.1, 0.15) is 11.1 Å². The summed E-state index contributed by atoms with van der Waals surface area (Å²) in [6.07, 6.45) is 0.697. The van der Waals surface area contributed by atoms with Gasteiger partial charge in [-0.25, -0.2) is 4.39 Å². The number of halogens is 2. The van der Waals surface area contributed by atoms with Crippen LogP contribution in [0.3, 0.4) is 0 Å². The Bertz CT molecular complexity index is 679. The van der Waals surface area contributed by atoms with Gasteiger partial charge in [-0.05, 0) is 57.7 Å². The van der Waals surface area contributed by atoms with Gasteiger partial charge in [-0.1, -0.05) is 18.2 Å². The highest BCUT2D eigenvalue weighted by atomic mass is 79.9. The molecule has 0 aliphatic carbocycles. The summed E-state index contributed by atoms with van der Waals surface area (Å²) in [5, 5.41) is 2.88. The summed E-state index contributed by atoms with van der Waals surface area (Å²) in [6, 6.07) is 12.2. The van der Waals surface area contributed by atoms with E-state index in [9.17, 15) is 9.18 Å². The predicted octanol–water partition coefficient (Wildman–Crippen LogP) is 4.19. The molecule has 0 aliphatic heterocycles. The maximum Gasteiger partial charge on any atom is 0.230 e. The minimum atomic E-state index is -0.246. The zero-order valence-corrected chi connectivity index (χ0v) is 15.8. The number of amides is 1. The van der Waals surface area contributed by atoms with Crippen molar-refractivity contribution in [2.75, 3.05) is 19.4 Å². The summed E-state index contributed by atoms with van der Waals surface area (Å²) in [7, 11) is 1.63. The standard InChI is InChI=1S/C18H19BrFNO2S/c1-23-17-7-4-14(10-16(17)19)11-24-12-18(22)21-9-8-13-2-5-15(20)6-3-13/h2-7,10H,8-9,11-12H2,1H3,(H,21,22). The van der Waals surface area contributed by atoms with E-state index in [-0.39, 0.29) is 11.7 Å². The first-order chi connectivity index (χ1) is 11.6. The smallest absolute Gasteiger partial charge is 0.230 e. The molecule has 0 bridgehead atoms. The molecule has 0 saturated carbocycles. The molecule has 0 aromatic heterocycles. The van der Waals surface area contributed by atoms with Crippen LogP contribution < -0.4 is 10.1 Å². The molecule has 1 amide bonds. The van der Waals surface area contributed by atoms with Gasteiger partial charge in [0.2, 0.25) is 5.91 Å². The van der Waals surface area contributed by atoms with Crippen molar-refractivity contribution in [2.24, 2.45) is 0 Å². The van der Waals surface area contributed by atoms with Crippen molar-refractivity contribution < 1.29 is 13.9 Å². The second-order valence-electron chi connectivity index (χ2n) is 5.19. The van der Waals surface area contributed by atoms with Crippen LogP contribution in [0.15, 0.2) is 46.9 Å². The second kappa shape index (κ2) is 9.69. The molecule has 0 aliphatic rings. The Labute approximate surface area is 154 Å². The minimum absolute atomic E-state index is 0.00897. The fourth-order valence-corrected chi connectivity index (χ4v) is 3.50. The fourth-order valence-electron chi connectivity index (χ4n) is 2.11. The van der Waals surface area contributed by atoms with Crippen molar-refractivity contribution in [1.82, 2.24) is 5.32 Å². The molecule has 0 saturated heterocycles. The second-order valence-corrected chi connectivity index (χ2v) is 7.03. The van der Waals surface area contributed by atoms with Gasteiger partial charge in [-0.2, -0.15) is 0 Å². The van der Waals surface area contributed by atoms with Gasteiger partial charge in [0.25, 0.3) is 0 Å². The zero-order valence-electron chi connectivity index (χ0n) is 13.4. The van der Waals surface area contributed by atoms with Gasteiger partial charge < -0.3 is 10.1 Å². The number of thioether (sulfide) groups is 1. The summed E-state index contributed by atoms with van der Waals surface area (Å²) >= 11 is 5.01. The van der Waals surface area contributed by atoms with Crippen LogP contribution in [0, 0.1) is 5.82 Å². The first kappa shape index (κ1) is 18.8. The summed E-state index contributed by atoms with van der Waals surface area (Å²) in [5.41, 5.74) is 2.14. The molecule has 3 nitrogen and oxygen atoms in total. The molecule has 0 fully saturated rings. The normalized spacial score (nSPS) is 10.5. The Morgan fingerprint density at radius 1 is 1.21 bits per heavy atom. The van der Waals surface area contributed by atoms with E-state index in [0.717, 1.165) is 27.1 Å². The number of benzene rings is 2. The zero-order chi connectivity index (χ0) is 17.4. The molecule has 1 N–H and O–H groups in total. The lowest BCUT2D eigenvalue weighted by Crippen LogP contribution is -2.27. The molecular weight excluding hydrogens is 393 g/mol. The van der Waals surface area contributed by atoms with E-state index < -0.39 is 0 Å². The number of carbonyl (C=O) groups is 1. The number of hydrogen-bond acceptors (Lipinski definition) is 3. The van der Waals surface area contributed by atoms with E-state index in [1.54, 1.807) is 31.0 Å². The van der Waals surface area contributed by atoms with Crippen LogP contribution in [0.4, 0.5) is 4.39 Å². The lowest BCUT2D eigenvalue weighted by atomic mass is 10.1. The van der Waals surface area contributed by atoms with E-state index in [1.165, 1.54) is 12.1 Å². The topological polar surface area (TPSA) is 38.3 Å². The van der Waals surface area contributed by atoms with E-state index in [1.807, 2.05) is 18.2 Å². The summed E-state index contributed by atoms with van der Waals surface area (Å²) in [6.45, 7) is 0.555. The first-order valence-electron chi connectivity index (χ1n) is 7.50. The highest BCUT2D eigenvalue weighted by Crippen LogP contribution is 2.27. The van der Waals surface area contributed by atoms with Crippen molar-refractivity contribution in [3.63, 3.8) is 0 Å². The van der Waals surface area contributed by atoms with Crippen molar-refractivity contribution in [1.29, 1.82) is 0 Å². The molecule has 0 heterocycles. The van der Waals surface area contributed by atoms with Gasteiger partial charge in [-0.15, -0.1) is 11.8 Å². The van der Waals surface area contributed by atoms with Crippen LogP contribution >= 0.6 is 27.7 Å². The molecule has 0 unspecified atom stereocenters. The molecule has 6 heteroatoms. The third-order valence-electron chi connectivity index (χ3n) is 3.37. The molecule has 0 spiro atoms. The molecular formula is C18H19BrFNO2S. The lowest BCUT2D eigenvalue weighted by Gasteiger charge is -2.07. The van der Waals surface area contributed by atoms with Gasteiger partial charge in [0.15, 0.2) is 0 Å². The molecule has 0 radical (unpaired) electrons. The van der Waals surface area contributed by atoms with Gasteiger partial charge >= 0.3 is 0 Å². The van der Waals surface area contributed by atoms with E-state index in [0.29, 0.717) is 18.7 Å². The molecule has 2 aromatic carbocycles. The number of rotatable bonds is 8. The van der Waals surface area contributed by atoms with Crippen molar-refractivity contribution in [3.05, 3.63) is 63.9 Å². The van der Waals surface area contributed by atoms with Crippen LogP contribution in [0.5, 0.6) is 5.75 Å². The van der Waals surface area contributed by atoms with Crippen molar-refractivity contribution in [3.8, 4) is 5.75 Å². The largest absolute Gasteiger partial charge is 0.496 e. The van der Waals surface area contributed by atoms with E-state index in [2.05, 4.69) is 21.2 Å². The third kappa shape index (κ3) is 6.17. The minimum Gasteiger partial charge on any atom is -0.496 e. The number of hydrogen-bond donors (Lipinski definition) is 1. The summed E-state index contributed by atoms with van der Waals surface area (Å²) in [4.78, 5) is 11.8. The maximum absolute atomic E-state index is 12.8. The Kier molecular flexibility index (Phi) is 7.59. The third-order valence-corrected chi connectivity index (χ3v) is 4.99. The average Bonchev–Trinajstić information content (AvgIpc) is 2.57. The van der Waals surface area contributed by atoms with Gasteiger partial charge in [0.05, 0.1) is 17.3 Å². The van der Waals surface area contributed by atoms with Crippen LogP contribution in [-0.2, 0) is 17.0 Å². The van der Waals surface area contributed by atoms with Gasteiger partial charge in [0, 0.05) is 12.3 Å². The first-order valence-corrected chi connectivity index (χ1v) is 9.44. The Morgan fingerprint density at radius 2 is 1.92 bits per heavy atom. The average molecular weight is 412 g/mol. The number of ether oxygens (including phenoxy) is 1. The number of carbonyl (C=O) groups excluding carboxylic acids is 1. The molecule has 2 rings (SSSR count). The lowest BCUT2D eigenvalue weighted by molar-refractivity contribution is -0.118. The Morgan fingerprint density at radius 3 is 2.58 bits per heavy atom.